The molecule has 0 amide bonds. The molecule has 0 radical (unpaired) electrons. The summed E-state index contributed by atoms with van der Waals surface area (Å²) in [5.74, 6) is 2.25. The van der Waals surface area contributed by atoms with E-state index >= 15 is 0 Å². The molecule has 0 unspecified atom stereocenters. The van der Waals surface area contributed by atoms with E-state index in [1.807, 2.05) is 0 Å². The van der Waals surface area contributed by atoms with Crippen molar-refractivity contribution in [2.75, 3.05) is 42.2 Å². The van der Waals surface area contributed by atoms with Gasteiger partial charge in [-0.2, -0.15) is 0 Å². The number of ether oxygens (including phenoxy) is 6. The Labute approximate surface area is 164 Å². The van der Waals surface area contributed by atoms with E-state index in [1.165, 1.54) is 35.5 Å². The summed E-state index contributed by atoms with van der Waals surface area (Å²) in [4.78, 5) is 0. The summed E-state index contributed by atoms with van der Waals surface area (Å²) in [6.45, 7) is -0.459. The minimum Gasteiger partial charge on any atom is -0.493 e. The smallest absolute Gasteiger partial charge is 0.203 e. The van der Waals surface area contributed by atoms with Crippen LogP contribution in [-0.4, -0.2) is 58.5 Å². The van der Waals surface area contributed by atoms with E-state index in [0.29, 0.717) is 34.3 Å². The summed E-state index contributed by atoms with van der Waals surface area (Å²) < 4.78 is 32.4. The van der Waals surface area contributed by atoms with Crippen molar-refractivity contribution in [2.45, 2.75) is 12.2 Å². The van der Waals surface area contributed by atoms with Gasteiger partial charge in [-0.25, -0.2) is 0 Å². The average molecular weight is 394 g/mol. The Morgan fingerprint density at radius 1 is 0.750 bits per heavy atom. The van der Waals surface area contributed by atoms with Gasteiger partial charge in [0.2, 0.25) is 11.5 Å². The fourth-order valence-electron chi connectivity index (χ4n) is 2.77. The summed E-state index contributed by atoms with van der Waals surface area (Å²) in [7, 11) is 7.43. The number of aliphatic hydroxyl groups is 2. The highest BCUT2D eigenvalue weighted by Gasteiger charge is 2.27. The molecule has 0 saturated heterocycles. The Hall–Kier alpha value is -2.84. The van der Waals surface area contributed by atoms with Crippen molar-refractivity contribution in [3.8, 4) is 34.5 Å². The number of methoxy groups -OCH3 is 5. The number of rotatable bonds is 10. The maximum absolute atomic E-state index is 10.9. The molecule has 0 bridgehead atoms. The predicted molar refractivity (Wildman–Crippen MR) is 102 cm³/mol. The lowest BCUT2D eigenvalue weighted by Gasteiger charge is -2.25. The van der Waals surface area contributed by atoms with Crippen molar-refractivity contribution in [1.29, 1.82) is 0 Å². The summed E-state index contributed by atoms with van der Waals surface area (Å²) in [5.41, 5.74) is 0.419. The highest BCUT2D eigenvalue weighted by Crippen LogP contribution is 2.42. The molecule has 154 valence electrons. The number of hydrogen-bond donors (Lipinski definition) is 2. The molecule has 8 nitrogen and oxygen atoms in total. The maximum Gasteiger partial charge on any atom is 0.203 e. The molecule has 2 N–H and O–H groups in total. The van der Waals surface area contributed by atoms with Crippen LogP contribution < -0.4 is 28.4 Å². The van der Waals surface area contributed by atoms with Gasteiger partial charge in [0, 0.05) is 0 Å². The maximum atomic E-state index is 10.9. The van der Waals surface area contributed by atoms with Gasteiger partial charge in [0.05, 0.1) is 42.2 Å². The molecule has 0 saturated carbocycles. The standard InChI is InChI=1S/C20H26O8/c1-23-13-7-6-8-14(24-2)20(13)28-17(11-21)18(22)12-9-15(25-3)19(27-5)16(10-12)26-4/h6-10,17-18,21-22H,11H2,1-5H3/t17-,18-/m0/s1. The van der Waals surface area contributed by atoms with Crippen molar-refractivity contribution < 1.29 is 38.6 Å². The topological polar surface area (TPSA) is 95.8 Å². The van der Waals surface area contributed by atoms with E-state index in [4.69, 9.17) is 28.4 Å². The molecule has 2 rings (SSSR count). The first-order chi connectivity index (χ1) is 13.5. The second-order valence-corrected chi connectivity index (χ2v) is 5.73. The fourth-order valence-corrected chi connectivity index (χ4v) is 2.77. The number of hydrogen-bond acceptors (Lipinski definition) is 8. The van der Waals surface area contributed by atoms with Crippen LogP contribution in [0.15, 0.2) is 30.3 Å². The molecule has 0 aliphatic carbocycles. The van der Waals surface area contributed by atoms with Crippen LogP contribution in [0.3, 0.4) is 0 Å². The third-order valence-electron chi connectivity index (χ3n) is 4.21. The lowest BCUT2D eigenvalue weighted by Crippen LogP contribution is -2.29. The van der Waals surface area contributed by atoms with Gasteiger partial charge in [-0.3, -0.25) is 0 Å². The van der Waals surface area contributed by atoms with Gasteiger partial charge in [-0.1, -0.05) is 6.07 Å². The summed E-state index contributed by atoms with van der Waals surface area (Å²) >= 11 is 0. The third kappa shape index (κ3) is 4.35. The van der Waals surface area contributed by atoms with Crippen LogP contribution in [0, 0.1) is 0 Å². The Balaban J connectivity index is 2.41. The minimum absolute atomic E-state index is 0.276. The van der Waals surface area contributed by atoms with Gasteiger partial charge in [0.1, 0.15) is 6.10 Å². The van der Waals surface area contributed by atoms with Gasteiger partial charge in [0.15, 0.2) is 29.1 Å². The molecule has 0 aromatic heterocycles. The predicted octanol–water partition coefficient (Wildman–Crippen LogP) is 2.20. The molecule has 0 aliphatic heterocycles. The Morgan fingerprint density at radius 2 is 1.25 bits per heavy atom. The molecule has 0 heterocycles. The zero-order valence-corrected chi connectivity index (χ0v) is 16.6. The van der Waals surface area contributed by atoms with E-state index in [9.17, 15) is 10.2 Å². The van der Waals surface area contributed by atoms with E-state index in [2.05, 4.69) is 0 Å². The molecule has 0 aliphatic rings. The molecule has 2 atom stereocenters. The number of aliphatic hydroxyl groups excluding tert-OH is 2. The summed E-state index contributed by atoms with van der Waals surface area (Å²) in [5, 5.41) is 20.7. The van der Waals surface area contributed by atoms with E-state index in [-0.39, 0.29) is 5.75 Å². The van der Waals surface area contributed by atoms with Crippen LogP contribution in [0.4, 0.5) is 0 Å². The van der Waals surface area contributed by atoms with Crippen molar-refractivity contribution in [1.82, 2.24) is 0 Å². The molecule has 0 spiro atoms. The van der Waals surface area contributed by atoms with Crippen LogP contribution in [-0.2, 0) is 0 Å². The Morgan fingerprint density at radius 3 is 1.64 bits per heavy atom. The molecule has 8 heteroatoms. The monoisotopic (exact) mass is 394 g/mol. The SMILES string of the molecule is COc1cc([C@H](O)[C@H](CO)Oc2c(OC)cccc2OC)cc(OC)c1OC. The lowest BCUT2D eigenvalue weighted by molar-refractivity contribution is -0.00184. The minimum atomic E-state index is -1.20. The van der Waals surface area contributed by atoms with Crippen molar-refractivity contribution in [3.63, 3.8) is 0 Å². The summed E-state index contributed by atoms with van der Waals surface area (Å²) in [6, 6.07) is 8.32. The number of benzene rings is 2. The van der Waals surface area contributed by atoms with Crippen LogP contribution >= 0.6 is 0 Å². The van der Waals surface area contributed by atoms with Gasteiger partial charge >= 0.3 is 0 Å². The Kier molecular flexibility index (Phi) is 7.60. The van der Waals surface area contributed by atoms with E-state index in [0.717, 1.165) is 0 Å². The zero-order valence-electron chi connectivity index (χ0n) is 16.6. The van der Waals surface area contributed by atoms with Gasteiger partial charge in [0.25, 0.3) is 0 Å². The normalized spacial score (nSPS) is 12.7. The first-order valence-electron chi connectivity index (χ1n) is 8.51. The second-order valence-electron chi connectivity index (χ2n) is 5.73. The van der Waals surface area contributed by atoms with Crippen LogP contribution in [0.25, 0.3) is 0 Å². The largest absolute Gasteiger partial charge is 0.493 e. The molecule has 28 heavy (non-hydrogen) atoms. The van der Waals surface area contributed by atoms with E-state index in [1.54, 1.807) is 30.3 Å². The van der Waals surface area contributed by atoms with E-state index < -0.39 is 18.8 Å². The summed E-state index contributed by atoms with van der Waals surface area (Å²) in [6.07, 6.45) is -2.21. The van der Waals surface area contributed by atoms with Crippen molar-refractivity contribution in [2.24, 2.45) is 0 Å². The van der Waals surface area contributed by atoms with Crippen molar-refractivity contribution >= 4 is 0 Å². The average Bonchev–Trinajstić information content (AvgIpc) is 2.75. The zero-order chi connectivity index (χ0) is 20.7. The molecular formula is C20H26O8. The second kappa shape index (κ2) is 9.91. The van der Waals surface area contributed by atoms with Gasteiger partial charge < -0.3 is 38.6 Å². The van der Waals surface area contributed by atoms with Gasteiger partial charge in [-0.05, 0) is 29.8 Å². The van der Waals surface area contributed by atoms with Crippen LogP contribution in [0.5, 0.6) is 34.5 Å². The molecular weight excluding hydrogens is 368 g/mol. The van der Waals surface area contributed by atoms with Gasteiger partial charge in [-0.15, -0.1) is 0 Å². The third-order valence-corrected chi connectivity index (χ3v) is 4.21. The first kappa shape index (κ1) is 21.5. The molecule has 2 aromatic carbocycles. The quantitative estimate of drug-likeness (QED) is 0.633. The van der Waals surface area contributed by atoms with Crippen LogP contribution in [0.1, 0.15) is 11.7 Å². The highest BCUT2D eigenvalue weighted by atomic mass is 16.6. The highest BCUT2D eigenvalue weighted by molar-refractivity contribution is 5.55. The molecule has 0 fully saturated rings. The van der Waals surface area contributed by atoms with Crippen LogP contribution in [0.2, 0.25) is 0 Å². The number of para-hydroxylation sites is 1. The van der Waals surface area contributed by atoms with Crippen molar-refractivity contribution in [3.05, 3.63) is 35.9 Å². The first-order valence-corrected chi connectivity index (χ1v) is 8.51. The molecule has 2 aromatic rings. The lowest BCUT2D eigenvalue weighted by atomic mass is 10.0. The fraction of sp³-hybridized carbons (Fsp3) is 0.400. The Bertz CT molecular complexity index is 730.